The number of aromatic nitrogens is 5. The van der Waals surface area contributed by atoms with Crippen LogP contribution in [-0.2, 0) is 17.9 Å². The van der Waals surface area contributed by atoms with Crippen LogP contribution >= 0.6 is 0 Å². The van der Waals surface area contributed by atoms with E-state index in [0.29, 0.717) is 36.7 Å². The summed E-state index contributed by atoms with van der Waals surface area (Å²) >= 11 is 0. The first-order chi connectivity index (χ1) is 14.3. The van der Waals surface area contributed by atoms with Gasteiger partial charge in [0.05, 0.1) is 18.0 Å². The van der Waals surface area contributed by atoms with Crippen molar-refractivity contribution in [3.8, 4) is 28.7 Å². The van der Waals surface area contributed by atoms with E-state index in [1.807, 2.05) is 22.8 Å². The highest BCUT2D eigenvalue weighted by molar-refractivity contribution is 5.76. The van der Waals surface area contributed by atoms with Gasteiger partial charge in [0.25, 0.3) is 0 Å². The summed E-state index contributed by atoms with van der Waals surface area (Å²) in [6, 6.07) is 5.50. The molecule has 2 aliphatic rings. The molecule has 30 heavy (non-hydrogen) atoms. The molecule has 1 N–H and O–H groups in total. The molecule has 0 unspecified atom stereocenters. The molecule has 8 nitrogen and oxygen atoms in total. The van der Waals surface area contributed by atoms with E-state index < -0.39 is 18.7 Å². The van der Waals surface area contributed by atoms with E-state index >= 15 is 0 Å². The maximum atomic E-state index is 12.8. The highest BCUT2D eigenvalue weighted by Crippen LogP contribution is 2.49. The second-order valence-corrected chi connectivity index (χ2v) is 7.39. The van der Waals surface area contributed by atoms with Crippen molar-refractivity contribution < 1.29 is 27.8 Å². The summed E-state index contributed by atoms with van der Waals surface area (Å²) in [5, 5.41) is 12.8. The van der Waals surface area contributed by atoms with Crippen molar-refractivity contribution in [1.82, 2.24) is 24.3 Å². The smallest absolute Gasteiger partial charge is 0.408 e. The van der Waals surface area contributed by atoms with Crippen LogP contribution in [0.4, 0.5) is 13.2 Å². The van der Waals surface area contributed by atoms with Crippen LogP contribution in [0.15, 0.2) is 30.7 Å². The third-order valence-electron chi connectivity index (χ3n) is 5.32. The first-order valence-electron chi connectivity index (χ1n) is 9.32. The number of carboxylic acids is 1. The first kappa shape index (κ1) is 18.6. The van der Waals surface area contributed by atoms with E-state index in [-0.39, 0.29) is 23.4 Å². The van der Waals surface area contributed by atoms with Gasteiger partial charge in [-0.25, -0.2) is 14.6 Å². The lowest BCUT2D eigenvalue weighted by Crippen LogP contribution is -2.19. The Bertz CT molecular complexity index is 1140. The lowest BCUT2D eigenvalue weighted by atomic mass is 10.0. The number of hydrogen-bond donors (Lipinski definition) is 1. The number of aliphatic carboxylic acids is 1. The van der Waals surface area contributed by atoms with Gasteiger partial charge in [-0.2, -0.15) is 18.3 Å². The highest BCUT2D eigenvalue weighted by Gasteiger charge is 2.44. The van der Waals surface area contributed by atoms with Gasteiger partial charge >= 0.3 is 12.1 Å². The van der Waals surface area contributed by atoms with E-state index in [9.17, 15) is 18.0 Å². The second-order valence-electron chi connectivity index (χ2n) is 7.39. The predicted octanol–water partition coefficient (Wildman–Crippen LogP) is 2.95. The number of fused-ring (bicyclic) bond motifs is 3. The third kappa shape index (κ3) is 3.29. The van der Waals surface area contributed by atoms with Gasteiger partial charge in [-0.1, -0.05) is 6.07 Å². The third-order valence-corrected chi connectivity index (χ3v) is 5.32. The zero-order chi connectivity index (χ0) is 21.0. The molecule has 1 aromatic carbocycles. The fraction of sp³-hybridized carbons (Fsp3) is 0.368. The molecular weight excluding hydrogens is 403 g/mol. The highest BCUT2D eigenvalue weighted by atomic mass is 19.4. The minimum Gasteiger partial charge on any atom is -0.491 e. The maximum Gasteiger partial charge on any atom is 0.408 e. The lowest BCUT2D eigenvalue weighted by Gasteiger charge is -2.09. The van der Waals surface area contributed by atoms with Crippen molar-refractivity contribution in [2.45, 2.75) is 31.6 Å². The van der Waals surface area contributed by atoms with Gasteiger partial charge in [0.1, 0.15) is 36.7 Å². The van der Waals surface area contributed by atoms with Crippen LogP contribution in [0.5, 0.6) is 5.75 Å². The van der Waals surface area contributed by atoms with Gasteiger partial charge in [-0.15, -0.1) is 0 Å². The summed E-state index contributed by atoms with van der Waals surface area (Å²) in [6.45, 7) is -0.442. The Morgan fingerprint density at radius 2 is 2.13 bits per heavy atom. The Balaban J connectivity index is 1.50. The molecule has 3 aromatic rings. The molecule has 11 heteroatoms. The van der Waals surface area contributed by atoms with Crippen LogP contribution in [-0.4, -0.2) is 48.2 Å². The van der Waals surface area contributed by atoms with Crippen LogP contribution in [0.25, 0.3) is 22.9 Å². The average molecular weight is 419 g/mol. The van der Waals surface area contributed by atoms with Crippen molar-refractivity contribution in [2.24, 2.45) is 5.92 Å². The fourth-order valence-corrected chi connectivity index (χ4v) is 3.82. The van der Waals surface area contributed by atoms with E-state index in [2.05, 4.69) is 15.1 Å². The molecule has 0 radical (unpaired) electrons. The maximum absolute atomic E-state index is 12.8. The Morgan fingerprint density at radius 3 is 2.87 bits per heavy atom. The molecule has 1 aliphatic heterocycles. The normalized spacial score (nSPS) is 20.1. The monoisotopic (exact) mass is 419 g/mol. The summed E-state index contributed by atoms with van der Waals surface area (Å²) in [4.78, 5) is 19.6. The van der Waals surface area contributed by atoms with E-state index in [1.165, 1.54) is 0 Å². The summed E-state index contributed by atoms with van der Waals surface area (Å²) in [6.07, 6.45) is -1.11. The summed E-state index contributed by atoms with van der Waals surface area (Å²) < 4.78 is 46.9. The minimum absolute atomic E-state index is 0.0316. The SMILES string of the molecule is O=C(O)[C@@H]1C[C@H]1c1ccc2c(c1)OCCn1cc(-c3ncnn3CC(F)(F)F)nc1-2. The largest absolute Gasteiger partial charge is 0.491 e. The molecule has 0 amide bonds. The number of rotatable bonds is 4. The standard InChI is InChI=1S/C19H16F3N5O3/c20-19(21,22)8-27-17(23-9-24-27)14-7-26-3-4-30-15-5-10(12-6-13(12)18(28)29)1-2-11(15)16(26)25-14/h1-2,5,7,9,12-13H,3-4,6,8H2,(H,28,29)/t12-,13+/m0/s1. The van der Waals surface area contributed by atoms with Gasteiger partial charge in [0, 0.05) is 6.20 Å². The molecule has 2 aromatic heterocycles. The van der Waals surface area contributed by atoms with Crippen LogP contribution in [0.2, 0.25) is 0 Å². The molecule has 3 heterocycles. The Kier molecular flexibility index (Phi) is 4.09. The molecule has 0 bridgehead atoms. The van der Waals surface area contributed by atoms with Crippen molar-refractivity contribution in [3.63, 3.8) is 0 Å². The van der Waals surface area contributed by atoms with E-state index in [1.54, 1.807) is 6.20 Å². The number of imidazole rings is 1. The van der Waals surface area contributed by atoms with Gasteiger partial charge in [0.15, 0.2) is 5.82 Å². The molecular formula is C19H16F3N5O3. The molecule has 1 aliphatic carbocycles. The van der Waals surface area contributed by atoms with Crippen LogP contribution in [0, 0.1) is 5.92 Å². The molecule has 1 fully saturated rings. The quantitative estimate of drug-likeness (QED) is 0.699. The summed E-state index contributed by atoms with van der Waals surface area (Å²) in [5.74, 6) is -0.0426. The predicted molar refractivity (Wildman–Crippen MR) is 96.7 cm³/mol. The van der Waals surface area contributed by atoms with Gasteiger partial charge in [-0.05, 0) is 30.0 Å². The van der Waals surface area contributed by atoms with Crippen molar-refractivity contribution in [3.05, 3.63) is 36.3 Å². The van der Waals surface area contributed by atoms with Crippen LogP contribution < -0.4 is 4.74 Å². The number of ether oxygens (including phenoxy) is 1. The van der Waals surface area contributed by atoms with Crippen LogP contribution in [0.1, 0.15) is 17.9 Å². The van der Waals surface area contributed by atoms with Gasteiger partial charge in [0.2, 0.25) is 0 Å². The van der Waals surface area contributed by atoms with E-state index in [0.717, 1.165) is 16.6 Å². The average Bonchev–Trinajstić information content (AvgIpc) is 3.25. The Labute approximate surface area is 167 Å². The lowest BCUT2D eigenvalue weighted by molar-refractivity contribution is -0.142. The number of halogens is 3. The zero-order valence-electron chi connectivity index (χ0n) is 15.5. The number of hydrogen-bond acceptors (Lipinski definition) is 5. The molecule has 5 rings (SSSR count). The number of alkyl halides is 3. The molecule has 1 saturated carbocycles. The number of carbonyl (C=O) groups is 1. The number of benzene rings is 1. The minimum atomic E-state index is -4.42. The Hall–Kier alpha value is -3.37. The Morgan fingerprint density at radius 1 is 1.30 bits per heavy atom. The van der Waals surface area contributed by atoms with Crippen molar-refractivity contribution in [2.75, 3.05) is 6.61 Å². The molecule has 0 spiro atoms. The first-order valence-corrected chi connectivity index (χ1v) is 9.32. The summed E-state index contributed by atoms with van der Waals surface area (Å²) in [5.41, 5.74) is 1.88. The zero-order valence-corrected chi connectivity index (χ0v) is 15.5. The molecule has 2 atom stereocenters. The van der Waals surface area contributed by atoms with Crippen molar-refractivity contribution >= 4 is 5.97 Å². The fourth-order valence-electron chi connectivity index (χ4n) is 3.82. The molecule has 156 valence electrons. The van der Waals surface area contributed by atoms with Gasteiger partial charge < -0.3 is 14.4 Å². The van der Waals surface area contributed by atoms with Gasteiger partial charge in [-0.3, -0.25) is 4.79 Å². The molecule has 0 saturated heterocycles. The number of nitrogens with zero attached hydrogens (tertiary/aromatic N) is 5. The summed E-state index contributed by atoms with van der Waals surface area (Å²) in [7, 11) is 0. The topological polar surface area (TPSA) is 95.1 Å². The van der Waals surface area contributed by atoms with Crippen molar-refractivity contribution in [1.29, 1.82) is 0 Å². The number of carboxylic acid groups (broad SMARTS) is 1. The van der Waals surface area contributed by atoms with E-state index in [4.69, 9.17) is 9.84 Å². The van der Waals surface area contributed by atoms with Crippen LogP contribution in [0.3, 0.4) is 0 Å². The second kappa shape index (κ2) is 6.57.